The Hall–Kier alpha value is -1.06. The predicted molar refractivity (Wildman–Crippen MR) is 75.4 cm³/mol. The fourth-order valence-corrected chi connectivity index (χ4v) is 4.25. The molecule has 1 aromatic rings. The second kappa shape index (κ2) is 4.50. The summed E-state index contributed by atoms with van der Waals surface area (Å²) in [7, 11) is 1.76. The predicted octanol–water partition coefficient (Wildman–Crippen LogP) is 2.42. The van der Waals surface area contributed by atoms with Gasteiger partial charge in [-0.15, -0.1) is 0 Å². The molecule has 3 aliphatic heterocycles. The number of fused-ring (bicyclic) bond motifs is 5. The molecule has 2 atom stereocenters. The van der Waals surface area contributed by atoms with Crippen molar-refractivity contribution in [3.63, 3.8) is 0 Å². The monoisotopic (exact) mass is 258 g/mol. The van der Waals surface area contributed by atoms with Crippen molar-refractivity contribution in [2.24, 2.45) is 0 Å². The summed E-state index contributed by atoms with van der Waals surface area (Å²) in [6, 6.07) is 7.32. The van der Waals surface area contributed by atoms with Crippen molar-refractivity contribution in [3.8, 4) is 5.75 Å². The van der Waals surface area contributed by atoms with Gasteiger partial charge in [-0.1, -0.05) is 6.07 Å². The molecule has 0 unspecified atom stereocenters. The Balaban J connectivity index is 1.68. The zero-order chi connectivity index (χ0) is 12.8. The van der Waals surface area contributed by atoms with E-state index in [4.69, 9.17) is 4.74 Å². The molecule has 3 heterocycles. The molecule has 3 aliphatic rings. The van der Waals surface area contributed by atoms with Gasteiger partial charge in [0, 0.05) is 19.1 Å². The topological polar surface area (TPSA) is 15.7 Å². The van der Waals surface area contributed by atoms with Crippen LogP contribution in [0.2, 0.25) is 0 Å². The first-order valence-electron chi connectivity index (χ1n) is 7.53. The van der Waals surface area contributed by atoms with Crippen molar-refractivity contribution in [2.75, 3.05) is 26.7 Å². The van der Waals surface area contributed by atoms with Gasteiger partial charge >= 0.3 is 0 Å². The molecule has 0 radical (unpaired) electrons. The molecule has 0 N–H and O–H groups in total. The van der Waals surface area contributed by atoms with Crippen molar-refractivity contribution < 1.29 is 4.74 Å². The van der Waals surface area contributed by atoms with Crippen molar-refractivity contribution in [3.05, 3.63) is 29.3 Å². The van der Waals surface area contributed by atoms with Gasteiger partial charge in [0.15, 0.2) is 0 Å². The summed E-state index contributed by atoms with van der Waals surface area (Å²) >= 11 is 0. The van der Waals surface area contributed by atoms with Crippen LogP contribution in [0.3, 0.4) is 0 Å². The fourth-order valence-electron chi connectivity index (χ4n) is 4.25. The molecule has 0 bridgehead atoms. The van der Waals surface area contributed by atoms with E-state index in [0.29, 0.717) is 12.2 Å². The van der Waals surface area contributed by atoms with E-state index in [0.717, 1.165) is 5.75 Å². The van der Waals surface area contributed by atoms with Gasteiger partial charge in [0.2, 0.25) is 0 Å². The molecule has 1 aromatic carbocycles. The average molecular weight is 258 g/mol. The molecule has 0 aliphatic carbocycles. The van der Waals surface area contributed by atoms with Crippen molar-refractivity contribution in [1.82, 2.24) is 9.80 Å². The quantitative estimate of drug-likeness (QED) is 0.769. The normalized spacial score (nSPS) is 30.6. The minimum Gasteiger partial charge on any atom is -0.497 e. The highest BCUT2D eigenvalue weighted by Crippen LogP contribution is 2.41. The van der Waals surface area contributed by atoms with Gasteiger partial charge < -0.3 is 4.74 Å². The molecular weight excluding hydrogens is 236 g/mol. The van der Waals surface area contributed by atoms with Crippen LogP contribution in [0.4, 0.5) is 0 Å². The van der Waals surface area contributed by atoms with Gasteiger partial charge in [0.1, 0.15) is 5.75 Å². The smallest absolute Gasteiger partial charge is 0.119 e. The number of hydrogen-bond acceptors (Lipinski definition) is 3. The lowest BCUT2D eigenvalue weighted by atomic mass is 9.88. The van der Waals surface area contributed by atoms with E-state index in [1.54, 1.807) is 12.7 Å². The van der Waals surface area contributed by atoms with Crippen molar-refractivity contribution >= 4 is 0 Å². The Morgan fingerprint density at radius 3 is 3.00 bits per heavy atom. The van der Waals surface area contributed by atoms with Gasteiger partial charge in [-0.2, -0.15) is 0 Å². The summed E-state index contributed by atoms with van der Waals surface area (Å²) in [5.74, 6) is 1.01. The summed E-state index contributed by atoms with van der Waals surface area (Å²) in [6.45, 7) is 3.80. The molecule has 2 fully saturated rings. The molecule has 0 amide bonds. The number of hydrogen-bond donors (Lipinski definition) is 0. The molecule has 0 spiro atoms. The maximum Gasteiger partial charge on any atom is 0.119 e. The number of ether oxygens (including phenoxy) is 1. The maximum atomic E-state index is 5.36. The van der Waals surface area contributed by atoms with E-state index < -0.39 is 0 Å². The minimum absolute atomic E-state index is 0.647. The first-order valence-corrected chi connectivity index (χ1v) is 7.53. The Bertz CT molecular complexity index is 488. The van der Waals surface area contributed by atoms with E-state index in [-0.39, 0.29) is 0 Å². The van der Waals surface area contributed by atoms with E-state index in [1.807, 2.05) is 0 Å². The third-order valence-corrected chi connectivity index (χ3v) is 5.15. The van der Waals surface area contributed by atoms with Crippen molar-refractivity contribution in [1.29, 1.82) is 0 Å². The lowest BCUT2D eigenvalue weighted by Crippen LogP contribution is -2.53. The van der Waals surface area contributed by atoms with Crippen LogP contribution in [-0.4, -0.2) is 42.7 Å². The molecule has 4 rings (SSSR count). The van der Waals surface area contributed by atoms with Crippen LogP contribution in [0.1, 0.15) is 36.4 Å². The Labute approximate surface area is 115 Å². The first kappa shape index (κ1) is 11.7. The van der Waals surface area contributed by atoms with E-state index in [1.165, 1.54) is 50.9 Å². The third kappa shape index (κ3) is 1.79. The Morgan fingerprint density at radius 2 is 2.11 bits per heavy atom. The van der Waals surface area contributed by atoms with Crippen molar-refractivity contribution in [2.45, 2.75) is 37.9 Å². The standard InChI is InChI=1S/C16H22N2O/c1-19-13-4-5-14-12(11-13)6-10-18-15(14)7-9-17-8-2-3-16(17)18/h4-5,11,15-16H,2-3,6-10H2,1H3/t15-,16-/m1/s1. The molecule has 0 aromatic heterocycles. The lowest BCUT2D eigenvalue weighted by Gasteiger charge is -2.48. The lowest BCUT2D eigenvalue weighted by molar-refractivity contribution is -0.0150. The van der Waals surface area contributed by atoms with Crippen LogP contribution >= 0.6 is 0 Å². The summed E-state index contributed by atoms with van der Waals surface area (Å²) in [5.41, 5.74) is 3.06. The van der Waals surface area contributed by atoms with Crippen LogP contribution in [0, 0.1) is 0 Å². The zero-order valence-electron chi connectivity index (χ0n) is 11.6. The van der Waals surface area contributed by atoms with Crippen LogP contribution in [0.5, 0.6) is 5.75 Å². The number of rotatable bonds is 1. The Morgan fingerprint density at radius 1 is 1.16 bits per heavy atom. The number of methoxy groups -OCH3 is 1. The maximum absolute atomic E-state index is 5.36. The van der Waals surface area contributed by atoms with Crippen LogP contribution < -0.4 is 4.74 Å². The second-order valence-corrected chi connectivity index (χ2v) is 6.02. The van der Waals surface area contributed by atoms with Gasteiger partial charge in [-0.05, 0) is 55.5 Å². The summed E-state index contributed by atoms with van der Waals surface area (Å²) in [4.78, 5) is 5.44. The van der Waals surface area contributed by atoms with E-state index in [2.05, 4.69) is 28.0 Å². The summed E-state index contributed by atoms with van der Waals surface area (Å²) in [6.07, 6.45) is 5.92. The Kier molecular flexibility index (Phi) is 2.78. The molecule has 3 heteroatoms. The van der Waals surface area contributed by atoms with Crippen LogP contribution in [-0.2, 0) is 6.42 Å². The van der Waals surface area contributed by atoms with Crippen LogP contribution in [0.25, 0.3) is 0 Å². The SMILES string of the molecule is COc1ccc2c(c1)CCN1[C@@H]2CCN2CCC[C@H]21. The highest BCUT2D eigenvalue weighted by molar-refractivity contribution is 5.39. The summed E-state index contributed by atoms with van der Waals surface area (Å²) in [5, 5.41) is 0. The molecule has 102 valence electrons. The molecule has 0 saturated carbocycles. The molecular formula is C16H22N2O. The summed E-state index contributed by atoms with van der Waals surface area (Å²) < 4.78 is 5.36. The highest BCUT2D eigenvalue weighted by Gasteiger charge is 2.40. The third-order valence-electron chi connectivity index (χ3n) is 5.15. The largest absolute Gasteiger partial charge is 0.497 e. The van der Waals surface area contributed by atoms with Gasteiger partial charge in [0.05, 0.1) is 13.3 Å². The minimum atomic E-state index is 0.647. The average Bonchev–Trinajstić information content (AvgIpc) is 2.94. The fraction of sp³-hybridized carbons (Fsp3) is 0.625. The van der Waals surface area contributed by atoms with Crippen LogP contribution in [0.15, 0.2) is 18.2 Å². The van der Waals surface area contributed by atoms with Gasteiger partial charge in [-0.3, -0.25) is 9.80 Å². The second-order valence-electron chi connectivity index (χ2n) is 6.02. The highest BCUT2D eigenvalue weighted by atomic mass is 16.5. The number of benzene rings is 1. The number of nitrogens with zero attached hydrogens (tertiary/aromatic N) is 2. The van der Waals surface area contributed by atoms with Gasteiger partial charge in [-0.25, -0.2) is 0 Å². The molecule has 2 saturated heterocycles. The zero-order valence-corrected chi connectivity index (χ0v) is 11.6. The molecule has 3 nitrogen and oxygen atoms in total. The van der Waals surface area contributed by atoms with Gasteiger partial charge in [0.25, 0.3) is 0 Å². The first-order chi connectivity index (χ1) is 9.36. The van der Waals surface area contributed by atoms with E-state index in [9.17, 15) is 0 Å². The molecule has 19 heavy (non-hydrogen) atoms. The van der Waals surface area contributed by atoms with E-state index >= 15 is 0 Å².